The number of carbonyl (C=O) groups is 1. The second-order valence-corrected chi connectivity index (χ2v) is 6.19. The molecule has 2 aromatic rings. The number of amides is 1. The van der Waals surface area contributed by atoms with Crippen LogP contribution in [-0.4, -0.2) is 23.1 Å². The first-order valence-corrected chi connectivity index (χ1v) is 8.16. The van der Waals surface area contributed by atoms with Crippen LogP contribution in [0.2, 0.25) is 5.02 Å². The smallest absolute Gasteiger partial charge is 0.288 e. The van der Waals surface area contributed by atoms with Crippen molar-refractivity contribution < 1.29 is 14.5 Å². The van der Waals surface area contributed by atoms with Crippen molar-refractivity contribution in [2.24, 2.45) is 5.10 Å². The number of halogens is 1. The summed E-state index contributed by atoms with van der Waals surface area (Å²) in [6.07, 6.45) is 0.540. The highest BCUT2D eigenvalue weighted by Crippen LogP contribution is 2.24. The second kappa shape index (κ2) is 8.44. The summed E-state index contributed by atoms with van der Waals surface area (Å²) in [7, 11) is 0. The molecule has 0 radical (unpaired) electrons. The number of nitro groups is 1. The minimum absolute atomic E-state index is 0.0339. The highest BCUT2D eigenvalue weighted by molar-refractivity contribution is 6.32. The fraction of sp³-hybridized carbons (Fsp3) is 0.222. The van der Waals surface area contributed by atoms with E-state index in [1.807, 2.05) is 32.0 Å². The van der Waals surface area contributed by atoms with Crippen molar-refractivity contribution in [1.82, 2.24) is 5.43 Å². The lowest BCUT2D eigenvalue weighted by molar-refractivity contribution is -0.384. The first-order chi connectivity index (χ1) is 12.3. The van der Waals surface area contributed by atoms with Gasteiger partial charge in [-0.05, 0) is 50.1 Å². The summed E-state index contributed by atoms with van der Waals surface area (Å²) in [5.74, 6) is 0.159. The first-order valence-electron chi connectivity index (χ1n) is 7.78. The number of aryl methyl sites for hydroxylation is 2. The molecule has 0 spiro atoms. The summed E-state index contributed by atoms with van der Waals surface area (Å²) < 4.78 is 5.61. The third kappa shape index (κ3) is 5.29. The molecule has 0 fully saturated rings. The van der Waals surface area contributed by atoms with E-state index >= 15 is 0 Å². The molecular formula is C18H18ClN3O4. The second-order valence-electron chi connectivity index (χ2n) is 5.79. The van der Waals surface area contributed by atoms with E-state index in [-0.39, 0.29) is 10.7 Å². The van der Waals surface area contributed by atoms with E-state index in [4.69, 9.17) is 16.3 Å². The predicted molar refractivity (Wildman–Crippen MR) is 99.8 cm³/mol. The Kier molecular flexibility index (Phi) is 6.30. The van der Waals surface area contributed by atoms with Crippen molar-refractivity contribution >= 4 is 29.4 Å². The van der Waals surface area contributed by atoms with E-state index in [1.165, 1.54) is 18.3 Å². The van der Waals surface area contributed by atoms with Gasteiger partial charge in [0.05, 0.1) is 11.1 Å². The number of hydrazone groups is 1. The molecule has 2 aromatic carbocycles. The van der Waals surface area contributed by atoms with Gasteiger partial charge in [0, 0.05) is 11.6 Å². The Morgan fingerprint density at radius 3 is 2.54 bits per heavy atom. The highest BCUT2D eigenvalue weighted by Gasteiger charge is 2.15. The molecule has 0 saturated heterocycles. The standard InChI is InChI=1S/C18H18ClN3O4/c1-11-6-12(2)8-15(7-11)26-13(3)18(23)21-20-10-14-4-5-16(19)17(9-14)22(24)25/h4-10,13H,1-3H3,(H,21,23). The van der Waals surface area contributed by atoms with E-state index in [9.17, 15) is 14.9 Å². The Morgan fingerprint density at radius 2 is 1.92 bits per heavy atom. The average molecular weight is 376 g/mol. The Hall–Kier alpha value is -2.93. The number of benzene rings is 2. The zero-order valence-electron chi connectivity index (χ0n) is 14.5. The molecule has 1 N–H and O–H groups in total. The van der Waals surface area contributed by atoms with E-state index in [2.05, 4.69) is 10.5 Å². The minimum atomic E-state index is -0.757. The Balaban J connectivity index is 1.98. The lowest BCUT2D eigenvalue weighted by atomic mass is 10.1. The van der Waals surface area contributed by atoms with Crippen LogP contribution >= 0.6 is 11.6 Å². The van der Waals surface area contributed by atoms with Crippen molar-refractivity contribution in [2.45, 2.75) is 26.9 Å². The number of nitro benzene ring substituents is 1. The summed E-state index contributed by atoms with van der Waals surface area (Å²) in [4.78, 5) is 22.3. The van der Waals surface area contributed by atoms with Crippen LogP contribution in [0.4, 0.5) is 5.69 Å². The first kappa shape index (κ1) is 19.4. The molecule has 0 saturated carbocycles. The van der Waals surface area contributed by atoms with Crippen molar-refractivity contribution in [3.05, 3.63) is 68.2 Å². The molecule has 0 heterocycles. The summed E-state index contributed by atoms with van der Waals surface area (Å²) in [5.41, 5.74) is 4.63. The van der Waals surface area contributed by atoms with Gasteiger partial charge >= 0.3 is 0 Å². The van der Waals surface area contributed by atoms with Gasteiger partial charge in [-0.25, -0.2) is 5.43 Å². The Bertz CT molecular complexity index is 847. The molecule has 1 atom stereocenters. The number of nitrogens with zero attached hydrogens (tertiary/aromatic N) is 2. The molecule has 1 unspecified atom stereocenters. The third-order valence-electron chi connectivity index (χ3n) is 3.43. The van der Waals surface area contributed by atoms with E-state index in [0.29, 0.717) is 11.3 Å². The number of rotatable bonds is 6. The number of nitrogens with one attached hydrogen (secondary N) is 1. The van der Waals surface area contributed by atoms with Crippen molar-refractivity contribution in [1.29, 1.82) is 0 Å². The van der Waals surface area contributed by atoms with E-state index < -0.39 is 16.9 Å². The number of hydrogen-bond acceptors (Lipinski definition) is 5. The summed E-state index contributed by atoms with van der Waals surface area (Å²) >= 11 is 5.74. The number of ether oxygens (including phenoxy) is 1. The van der Waals surface area contributed by atoms with Gasteiger partial charge in [-0.15, -0.1) is 0 Å². The lowest BCUT2D eigenvalue weighted by Crippen LogP contribution is -2.33. The molecule has 7 nitrogen and oxygen atoms in total. The van der Waals surface area contributed by atoms with Gasteiger partial charge in [0.15, 0.2) is 6.10 Å². The average Bonchev–Trinajstić information content (AvgIpc) is 2.55. The summed E-state index contributed by atoms with van der Waals surface area (Å²) in [6, 6.07) is 9.91. The topological polar surface area (TPSA) is 93.8 Å². The van der Waals surface area contributed by atoms with Crippen LogP contribution in [0.25, 0.3) is 0 Å². The number of carbonyl (C=O) groups excluding carboxylic acids is 1. The molecule has 1 amide bonds. The molecule has 136 valence electrons. The monoisotopic (exact) mass is 375 g/mol. The van der Waals surface area contributed by atoms with Gasteiger partial charge in [0.2, 0.25) is 0 Å². The molecule has 0 aliphatic rings. The van der Waals surface area contributed by atoms with Crippen LogP contribution in [0.5, 0.6) is 5.75 Å². The molecule has 0 bridgehead atoms. The van der Waals surface area contributed by atoms with Crippen molar-refractivity contribution in [3.8, 4) is 5.75 Å². The maximum absolute atomic E-state index is 12.1. The molecule has 0 aliphatic carbocycles. The van der Waals surface area contributed by atoms with Crippen LogP contribution in [0.15, 0.2) is 41.5 Å². The fourth-order valence-corrected chi connectivity index (χ4v) is 2.46. The van der Waals surface area contributed by atoms with Crippen LogP contribution < -0.4 is 10.2 Å². The largest absolute Gasteiger partial charge is 0.481 e. The lowest BCUT2D eigenvalue weighted by Gasteiger charge is -2.14. The maximum Gasteiger partial charge on any atom is 0.288 e. The molecule has 8 heteroatoms. The third-order valence-corrected chi connectivity index (χ3v) is 3.75. The normalized spacial score (nSPS) is 12.0. The van der Waals surface area contributed by atoms with Gasteiger partial charge in [0.25, 0.3) is 11.6 Å². The van der Waals surface area contributed by atoms with Gasteiger partial charge in [-0.1, -0.05) is 23.7 Å². The fourth-order valence-electron chi connectivity index (χ4n) is 2.27. The Morgan fingerprint density at radius 1 is 1.27 bits per heavy atom. The maximum atomic E-state index is 12.1. The van der Waals surface area contributed by atoms with Crippen molar-refractivity contribution in [2.75, 3.05) is 0 Å². The van der Waals surface area contributed by atoms with Gasteiger partial charge < -0.3 is 4.74 Å². The molecule has 0 aromatic heterocycles. The van der Waals surface area contributed by atoms with Gasteiger partial charge in [-0.3, -0.25) is 14.9 Å². The van der Waals surface area contributed by atoms with Gasteiger partial charge in [0.1, 0.15) is 10.8 Å². The predicted octanol–water partition coefficient (Wildman–Crippen LogP) is 3.78. The van der Waals surface area contributed by atoms with Crippen LogP contribution in [0, 0.1) is 24.0 Å². The Labute approximate surface area is 155 Å². The minimum Gasteiger partial charge on any atom is -0.481 e. The van der Waals surface area contributed by atoms with Crippen LogP contribution in [-0.2, 0) is 4.79 Å². The summed E-state index contributed by atoms with van der Waals surface area (Å²) in [5, 5.41) is 14.7. The zero-order valence-corrected chi connectivity index (χ0v) is 15.3. The number of hydrogen-bond donors (Lipinski definition) is 1. The molecule has 0 aliphatic heterocycles. The van der Waals surface area contributed by atoms with Crippen LogP contribution in [0.1, 0.15) is 23.6 Å². The van der Waals surface area contributed by atoms with Crippen LogP contribution in [0.3, 0.4) is 0 Å². The van der Waals surface area contributed by atoms with E-state index in [0.717, 1.165) is 11.1 Å². The van der Waals surface area contributed by atoms with E-state index in [1.54, 1.807) is 13.0 Å². The van der Waals surface area contributed by atoms with Gasteiger partial charge in [-0.2, -0.15) is 5.10 Å². The van der Waals surface area contributed by atoms with Crippen molar-refractivity contribution in [3.63, 3.8) is 0 Å². The molecular weight excluding hydrogens is 358 g/mol. The molecule has 2 rings (SSSR count). The zero-order chi connectivity index (χ0) is 19.3. The summed E-state index contributed by atoms with van der Waals surface area (Å²) in [6.45, 7) is 5.50. The molecule has 26 heavy (non-hydrogen) atoms. The quantitative estimate of drug-likeness (QED) is 0.472. The highest BCUT2D eigenvalue weighted by atomic mass is 35.5. The SMILES string of the molecule is Cc1cc(C)cc(OC(C)C(=O)NN=Cc2ccc(Cl)c([N+](=O)[O-])c2)c1.